The van der Waals surface area contributed by atoms with Gasteiger partial charge in [0.1, 0.15) is 13.2 Å². The van der Waals surface area contributed by atoms with E-state index in [-0.39, 0.29) is 11.8 Å². The van der Waals surface area contributed by atoms with Crippen molar-refractivity contribution in [2.75, 3.05) is 59.6 Å². The molecule has 8 heteroatoms. The molecule has 1 fully saturated rings. The molecule has 0 unspecified atom stereocenters. The Balaban J connectivity index is 1.54. The van der Waals surface area contributed by atoms with Crippen molar-refractivity contribution >= 4 is 17.9 Å². The molecule has 2 amide bonds. The molecule has 2 heterocycles. The van der Waals surface area contributed by atoms with Crippen LogP contribution in [0.3, 0.4) is 0 Å². The second-order valence-corrected chi connectivity index (χ2v) is 6.77. The summed E-state index contributed by atoms with van der Waals surface area (Å²) < 4.78 is 16.6. The minimum absolute atomic E-state index is 0.0304. The van der Waals surface area contributed by atoms with Gasteiger partial charge in [0.2, 0.25) is 17.6 Å². The Morgan fingerprint density at radius 1 is 1.21 bits per heavy atom. The predicted molar refractivity (Wildman–Crippen MR) is 109 cm³/mol. The minimum atomic E-state index is -0.0605. The third-order valence-electron chi connectivity index (χ3n) is 4.76. The van der Waals surface area contributed by atoms with Crippen LogP contribution >= 0.6 is 0 Å². The molecule has 0 radical (unpaired) electrons. The summed E-state index contributed by atoms with van der Waals surface area (Å²) >= 11 is 0. The van der Waals surface area contributed by atoms with Crippen molar-refractivity contribution in [3.63, 3.8) is 0 Å². The molecule has 2 aliphatic heterocycles. The molecule has 1 N–H and O–H groups in total. The lowest BCUT2D eigenvalue weighted by molar-refractivity contribution is -0.128. The maximum atomic E-state index is 12.5. The zero-order chi connectivity index (χ0) is 20.6. The number of piperazine rings is 1. The molecular formula is C21H27N3O5. The monoisotopic (exact) mass is 401 g/mol. The topological polar surface area (TPSA) is 80.3 Å². The number of carbonyl (C=O) groups is 2. The largest absolute Gasteiger partial charge is 0.493 e. The molecule has 0 aromatic heterocycles. The van der Waals surface area contributed by atoms with Crippen molar-refractivity contribution in [3.8, 4) is 17.2 Å². The van der Waals surface area contributed by atoms with Crippen LogP contribution in [0.15, 0.2) is 30.9 Å². The molecule has 29 heavy (non-hydrogen) atoms. The van der Waals surface area contributed by atoms with Gasteiger partial charge >= 0.3 is 0 Å². The van der Waals surface area contributed by atoms with Crippen LogP contribution in [-0.4, -0.2) is 81.2 Å². The van der Waals surface area contributed by atoms with E-state index >= 15 is 0 Å². The van der Waals surface area contributed by atoms with E-state index in [1.807, 2.05) is 17.0 Å². The Bertz CT molecular complexity index is 768. The molecule has 0 atom stereocenters. The van der Waals surface area contributed by atoms with Crippen molar-refractivity contribution < 1.29 is 23.8 Å². The zero-order valence-corrected chi connectivity index (χ0v) is 16.7. The van der Waals surface area contributed by atoms with Crippen LogP contribution in [0.4, 0.5) is 0 Å². The highest BCUT2D eigenvalue weighted by Gasteiger charge is 2.21. The molecular weight excluding hydrogens is 374 g/mol. The van der Waals surface area contributed by atoms with Gasteiger partial charge in [-0.15, -0.1) is 6.58 Å². The van der Waals surface area contributed by atoms with Gasteiger partial charge in [-0.25, -0.2) is 0 Å². The fourth-order valence-corrected chi connectivity index (χ4v) is 3.23. The van der Waals surface area contributed by atoms with E-state index in [9.17, 15) is 9.59 Å². The molecule has 1 saturated heterocycles. The van der Waals surface area contributed by atoms with Crippen molar-refractivity contribution in [2.24, 2.45) is 0 Å². The van der Waals surface area contributed by atoms with Crippen LogP contribution in [0.5, 0.6) is 17.2 Å². The van der Waals surface area contributed by atoms with Crippen molar-refractivity contribution in [1.29, 1.82) is 0 Å². The van der Waals surface area contributed by atoms with Gasteiger partial charge in [-0.05, 0) is 23.8 Å². The average molecular weight is 401 g/mol. The van der Waals surface area contributed by atoms with E-state index in [0.717, 1.165) is 5.56 Å². The number of amides is 2. The molecule has 1 aromatic carbocycles. The Morgan fingerprint density at radius 3 is 2.69 bits per heavy atom. The van der Waals surface area contributed by atoms with E-state index in [4.69, 9.17) is 14.2 Å². The van der Waals surface area contributed by atoms with Gasteiger partial charge < -0.3 is 24.4 Å². The fourth-order valence-electron chi connectivity index (χ4n) is 3.23. The van der Waals surface area contributed by atoms with Gasteiger partial charge in [0, 0.05) is 38.8 Å². The molecule has 0 aliphatic carbocycles. The first-order valence-electron chi connectivity index (χ1n) is 9.65. The molecule has 0 spiro atoms. The first-order chi connectivity index (χ1) is 14.1. The Hall–Kier alpha value is -3.00. The smallest absolute Gasteiger partial charge is 0.246 e. The van der Waals surface area contributed by atoms with Gasteiger partial charge in [0.15, 0.2) is 11.5 Å². The SMILES string of the molecule is C=CCNC(=O)CN1CCN(C(=O)C=Cc2cc(OC)c3c(c2)OCCO3)CC1. The van der Waals surface area contributed by atoms with Crippen LogP contribution in [0.1, 0.15) is 5.56 Å². The van der Waals surface area contributed by atoms with Crippen LogP contribution in [0.25, 0.3) is 6.08 Å². The van der Waals surface area contributed by atoms with Gasteiger partial charge in [-0.1, -0.05) is 6.08 Å². The maximum Gasteiger partial charge on any atom is 0.246 e. The molecule has 3 rings (SSSR count). The normalized spacial score (nSPS) is 16.5. The Morgan fingerprint density at radius 2 is 1.97 bits per heavy atom. The third kappa shape index (κ3) is 5.51. The average Bonchev–Trinajstić information content (AvgIpc) is 2.75. The predicted octanol–water partition coefficient (Wildman–Crippen LogP) is 0.926. The van der Waals surface area contributed by atoms with Crippen LogP contribution in [0, 0.1) is 0 Å². The zero-order valence-electron chi connectivity index (χ0n) is 16.7. The summed E-state index contributed by atoms with van der Waals surface area (Å²) in [6.45, 7) is 7.85. The lowest BCUT2D eigenvalue weighted by Crippen LogP contribution is -2.50. The van der Waals surface area contributed by atoms with E-state index in [2.05, 4.69) is 11.9 Å². The summed E-state index contributed by atoms with van der Waals surface area (Å²) in [5, 5.41) is 2.76. The van der Waals surface area contributed by atoms with E-state index in [1.165, 1.54) is 0 Å². The Kier molecular flexibility index (Phi) is 7.13. The summed E-state index contributed by atoms with van der Waals surface area (Å²) in [7, 11) is 1.57. The van der Waals surface area contributed by atoms with E-state index in [1.54, 1.807) is 30.2 Å². The lowest BCUT2D eigenvalue weighted by Gasteiger charge is -2.33. The molecule has 156 valence electrons. The number of hydrogen-bond acceptors (Lipinski definition) is 6. The fraction of sp³-hybridized carbons (Fsp3) is 0.429. The van der Waals surface area contributed by atoms with Gasteiger partial charge in [0.25, 0.3) is 0 Å². The number of methoxy groups -OCH3 is 1. The lowest BCUT2D eigenvalue weighted by atomic mass is 10.1. The second-order valence-electron chi connectivity index (χ2n) is 6.77. The van der Waals surface area contributed by atoms with Crippen LogP contribution < -0.4 is 19.5 Å². The summed E-state index contributed by atoms with van der Waals surface area (Å²) in [5.74, 6) is 1.70. The summed E-state index contributed by atoms with van der Waals surface area (Å²) in [6, 6.07) is 3.65. The molecule has 1 aromatic rings. The molecule has 8 nitrogen and oxygen atoms in total. The molecule has 0 bridgehead atoms. The number of fused-ring (bicyclic) bond motifs is 1. The number of carbonyl (C=O) groups excluding carboxylic acids is 2. The number of nitrogens with one attached hydrogen (secondary N) is 1. The highest BCUT2D eigenvalue weighted by atomic mass is 16.6. The maximum absolute atomic E-state index is 12.5. The van der Waals surface area contributed by atoms with E-state index in [0.29, 0.717) is 69.7 Å². The molecule has 0 saturated carbocycles. The van der Waals surface area contributed by atoms with Crippen LogP contribution in [0.2, 0.25) is 0 Å². The quantitative estimate of drug-likeness (QED) is 0.541. The van der Waals surface area contributed by atoms with E-state index < -0.39 is 0 Å². The number of hydrogen-bond donors (Lipinski definition) is 1. The second kappa shape index (κ2) is 9.97. The minimum Gasteiger partial charge on any atom is -0.493 e. The first-order valence-corrected chi connectivity index (χ1v) is 9.65. The number of ether oxygens (including phenoxy) is 3. The van der Waals surface area contributed by atoms with Gasteiger partial charge in [0.05, 0.1) is 13.7 Å². The van der Waals surface area contributed by atoms with Gasteiger partial charge in [-0.2, -0.15) is 0 Å². The van der Waals surface area contributed by atoms with Crippen molar-refractivity contribution in [1.82, 2.24) is 15.1 Å². The van der Waals surface area contributed by atoms with Crippen molar-refractivity contribution in [3.05, 3.63) is 36.4 Å². The molecule has 2 aliphatic rings. The first kappa shape index (κ1) is 20.7. The highest BCUT2D eigenvalue weighted by Crippen LogP contribution is 2.40. The van der Waals surface area contributed by atoms with Crippen molar-refractivity contribution in [2.45, 2.75) is 0 Å². The summed E-state index contributed by atoms with van der Waals surface area (Å²) in [5.41, 5.74) is 0.803. The number of benzene rings is 1. The third-order valence-corrected chi connectivity index (χ3v) is 4.76. The standard InChI is InChI=1S/C21H27N3O5/c1-3-6-22-19(25)15-23-7-9-24(10-8-23)20(26)5-4-16-13-17(27-2)21-18(14-16)28-11-12-29-21/h3-5,13-14H,1,6-12,15H2,2H3,(H,22,25). The van der Waals surface area contributed by atoms with Crippen LogP contribution in [-0.2, 0) is 9.59 Å². The number of rotatable bonds is 7. The summed E-state index contributed by atoms with van der Waals surface area (Å²) in [4.78, 5) is 28.1. The Labute approximate surface area is 170 Å². The van der Waals surface area contributed by atoms with Gasteiger partial charge in [-0.3, -0.25) is 14.5 Å². The number of nitrogens with zero attached hydrogens (tertiary/aromatic N) is 2. The highest BCUT2D eigenvalue weighted by molar-refractivity contribution is 5.92. The summed E-state index contributed by atoms with van der Waals surface area (Å²) in [6.07, 6.45) is 4.95.